The van der Waals surface area contributed by atoms with Gasteiger partial charge in [0.2, 0.25) is 0 Å². The van der Waals surface area contributed by atoms with Crippen molar-refractivity contribution in [2.24, 2.45) is 0 Å². The topological polar surface area (TPSA) is 58.2 Å². The van der Waals surface area contributed by atoms with E-state index < -0.39 is 0 Å². The van der Waals surface area contributed by atoms with Gasteiger partial charge in [-0.15, -0.1) is 0 Å². The van der Waals surface area contributed by atoms with Crippen LogP contribution in [0.25, 0.3) is 0 Å². The van der Waals surface area contributed by atoms with Gasteiger partial charge in [-0.25, -0.2) is 4.98 Å². The normalized spacial score (nSPS) is 18.2. The SMILES string of the molecule is COc1cccc([C@@H]2CCCN2C(=O)c2cnc[nH]2)c1. The van der Waals surface area contributed by atoms with Gasteiger partial charge >= 0.3 is 0 Å². The second-order valence-corrected chi connectivity index (χ2v) is 4.90. The van der Waals surface area contributed by atoms with Crippen LogP contribution in [-0.2, 0) is 0 Å². The molecule has 1 aromatic heterocycles. The minimum absolute atomic E-state index is 0.00724. The molecule has 3 rings (SSSR count). The van der Waals surface area contributed by atoms with E-state index in [0.717, 1.165) is 30.7 Å². The van der Waals surface area contributed by atoms with Crippen LogP contribution in [0.15, 0.2) is 36.8 Å². The number of nitrogens with zero attached hydrogens (tertiary/aromatic N) is 2. The smallest absolute Gasteiger partial charge is 0.272 e. The molecule has 0 bridgehead atoms. The van der Waals surface area contributed by atoms with E-state index in [0.29, 0.717) is 5.69 Å². The van der Waals surface area contributed by atoms with E-state index in [1.165, 1.54) is 6.33 Å². The fourth-order valence-electron chi connectivity index (χ4n) is 2.73. The van der Waals surface area contributed by atoms with Gasteiger partial charge in [0.05, 0.1) is 25.7 Å². The Bertz CT molecular complexity index is 595. The highest BCUT2D eigenvalue weighted by molar-refractivity contribution is 5.92. The molecule has 104 valence electrons. The highest BCUT2D eigenvalue weighted by atomic mass is 16.5. The molecule has 1 aliphatic rings. The molecule has 1 saturated heterocycles. The number of aromatic amines is 1. The number of methoxy groups -OCH3 is 1. The summed E-state index contributed by atoms with van der Waals surface area (Å²) >= 11 is 0. The standard InChI is InChI=1S/C15H17N3O2/c1-20-12-5-2-4-11(8-12)14-6-3-7-18(14)15(19)13-9-16-10-17-13/h2,4-5,8-10,14H,3,6-7H2,1H3,(H,16,17)/t14-/m0/s1. The number of ether oxygens (including phenoxy) is 1. The summed E-state index contributed by atoms with van der Waals surface area (Å²) in [6.45, 7) is 0.778. The molecule has 0 radical (unpaired) electrons. The van der Waals surface area contributed by atoms with Crippen molar-refractivity contribution in [3.05, 3.63) is 48.0 Å². The summed E-state index contributed by atoms with van der Waals surface area (Å²) in [5, 5.41) is 0. The number of hydrogen-bond donors (Lipinski definition) is 1. The van der Waals surface area contributed by atoms with E-state index >= 15 is 0 Å². The Morgan fingerprint density at radius 1 is 1.50 bits per heavy atom. The van der Waals surface area contributed by atoms with Crippen LogP contribution in [-0.4, -0.2) is 34.4 Å². The second kappa shape index (κ2) is 5.36. The van der Waals surface area contributed by atoms with Crippen molar-refractivity contribution < 1.29 is 9.53 Å². The number of benzene rings is 1. The Hall–Kier alpha value is -2.30. The lowest BCUT2D eigenvalue weighted by Gasteiger charge is -2.24. The molecule has 1 aromatic carbocycles. The summed E-state index contributed by atoms with van der Waals surface area (Å²) in [4.78, 5) is 21.2. The number of aromatic nitrogens is 2. The van der Waals surface area contributed by atoms with Gasteiger partial charge in [-0.3, -0.25) is 4.79 Å². The Morgan fingerprint density at radius 2 is 2.40 bits per heavy atom. The fourth-order valence-corrected chi connectivity index (χ4v) is 2.73. The average Bonchev–Trinajstić information content (AvgIpc) is 3.17. The number of carbonyl (C=O) groups excluding carboxylic acids is 1. The van der Waals surface area contributed by atoms with Crippen molar-refractivity contribution in [3.8, 4) is 5.75 Å². The third-order valence-electron chi connectivity index (χ3n) is 3.72. The maximum absolute atomic E-state index is 12.5. The Balaban J connectivity index is 1.86. The van der Waals surface area contributed by atoms with Gasteiger partial charge < -0.3 is 14.6 Å². The lowest BCUT2D eigenvalue weighted by atomic mass is 10.0. The van der Waals surface area contributed by atoms with Crippen molar-refractivity contribution in [3.63, 3.8) is 0 Å². The zero-order chi connectivity index (χ0) is 13.9. The molecule has 5 heteroatoms. The van der Waals surface area contributed by atoms with Crippen LogP contribution in [0.2, 0.25) is 0 Å². The van der Waals surface area contributed by atoms with Crippen LogP contribution in [0, 0.1) is 0 Å². The number of likely N-dealkylation sites (tertiary alicyclic amines) is 1. The van der Waals surface area contributed by atoms with E-state index in [1.807, 2.05) is 29.2 Å². The van der Waals surface area contributed by atoms with Gasteiger partial charge in [0.1, 0.15) is 11.4 Å². The quantitative estimate of drug-likeness (QED) is 0.932. The maximum Gasteiger partial charge on any atom is 0.272 e. The minimum atomic E-state index is 0.00724. The molecule has 0 aliphatic carbocycles. The minimum Gasteiger partial charge on any atom is -0.497 e. The molecule has 2 aromatic rings. The first kappa shape index (κ1) is 12.7. The lowest BCUT2D eigenvalue weighted by Crippen LogP contribution is -2.30. The predicted octanol–water partition coefficient (Wildman–Crippen LogP) is 2.40. The molecule has 1 N–H and O–H groups in total. The highest BCUT2D eigenvalue weighted by Crippen LogP contribution is 2.34. The number of carbonyl (C=O) groups is 1. The monoisotopic (exact) mass is 271 g/mol. The molecule has 2 heterocycles. The number of H-pyrrole nitrogens is 1. The number of rotatable bonds is 3. The van der Waals surface area contributed by atoms with Crippen LogP contribution in [0.5, 0.6) is 5.75 Å². The van der Waals surface area contributed by atoms with Crippen LogP contribution < -0.4 is 4.74 Å². The van der Waals surface area contributed by atoms with Crippen LogP contribution in [0.4, 0.5) is 0 Å². The van der Waals surface area contributed by atoms with Gasteiger partial charge in [-0.1, -0.05) is 12.1 Å². The van der Waals surface area contributed by atoms with Crippen LogP contribution in [0.3, 0.4) is 0 Å². The van der Waals surface area contributed by atoms with Crippen molar-refractivity contribution >= 4 is 5.91 Å². The highest BCUT2D eigenvalue weighted by Gasteiger charge is 2.31. The number of imidazole rings is 1. The van der Waals surface area contributed by atoms with Crippen molar-refractivity contribution in [2.75, 3.05) is 13.7 Å². The summed E-state index contributed by atoms with van der Waals surface area (Å²) in [6, 6.07) is 8.04. The first-order valence-corrected chi connectivity index (χ1v) is 6.73. The van der Waals surface area contributed by atoms with E-state index in [2.05, 4.69) is 9.97 Å². The summed E-state index contributed by atoms with van der Waals surface area (Å²) in [6.07, 6.45) is 5.10. The first-order chi connectivity index (χ1) is 9.79. The van der Waals surface area contributed by atoms with Crippen molar-refractivity contribution in [2.45, 2.75) is 18.9 Å². The molecule has 1 aliphatic heterocycles. The molecule has 1 atom stereocenters. The third kappa shape index (κ3) is 2.27. The molecular formula is C15H17N3O2. The summed E-state index contributed by atoms with van der Waals surface area (Å²) < 4.78 is 5.26. The van der Waals surface area contributed by atoms with Crippen molar-refractivity contribution in [1.29, 1.82) is 0 Å². The first-order valence-electron chi connectivity index (χ1n) is 6.73. The summed E-state index contributed by atoms with van der Waals surface area (Å²) in [5.41, 5.74) is 1.66. The van der Waals surface area contributed by atoms with Gasteiger partial charge in [0, 0.05) is 6.54 Å². The second-order valence-electron chi connectivity index (χ2n) is 4.90. The van der Waals surface area contributed by atoms with Gasteiger partial charge in [-0.05, 0) is 30.5 Å². The van der Waals surface area contributed by atoms with Gasteiger partial charge in [0.25, 0.3) is 5.91 Å². The largest absolute Gasteiger partial charge is 0.497 e. The summed E-state index contributed by atoms with van der Waals surface area (Å²) in [7, 11) is 1.65. The maximum atomic E-state index is 12.5. The Kier molecular flexibility index (Phi) is 3.41. The fraction of sp³-hybridized carbons (Fsp3) is 0.333. The Labute approximate surface area is 117 Å². The molecular weight excluding hydrogens is 254 g/mol. The van der Waals surface area contributed by atoms with E-state index in [4.69, 9.17) is 4.74 Å². The van der Waals surface area contributed by atoms with E-state index in [-0.39, 0.29) is 11.9 Å². The number of nitrogens with one attached hydrogen (secondary N) is 1. The third-order valence-corrected chi connectivity index (χ3v) is 3.72. The molecule has 5 nitrogen and oxygen atoms in total. The zero-order valence-electron chi connectivity index (χ0n) is 11.4. The molecule has 1 amide bonds. The van der Waals surface area contributed by atoms with Gasteiger partial charge in [0.15, 0.2) is 0 Å². The zero-order valence-corrected chi connectivity index (χ0v) is 11.4. The summed E-state index contributed by atoms with van der Waals surface area (Å²) in [5.74, 6) is 0.830. The molecule has 0 spiro atoms. The number of hydrogen-bond acceptors (Lipinski definition) is 3. The number of amides is 1. The molecule has 0 unspecified atom stereocenters. The average molecular weight is 271 g/mol. The van der Waals surface area contributed by atoms with Crippen LogP contribution >= 0.6 is 0 Å². The van der Waals surface area contributed by atoms with Gasteiger partial charge in [-0.2, -0.15) is 0 Å². The molecule has 1 fully saturated rings. The molecule has 20 heavy (non-hydrogen) atoms. The van der Waals surface area contributed by atoms with E-state index in [9.17, 15) is 4.79 Å². The predicted molar refractivity (Wildman–Crippen MR) is 74.6 cm³/mol. The Morgan fingerprint density at radius 3 is 3.15 bits per heavy atom. The molecule has 0 saturated carbocycles. The lowest BCUT2D eigenvalue weighted by molar-refractivity contribution is 0.0730. The van der Waals surface area contributed by atoms with Crippen molar-refractivity contribution in [1.82, 2.24) is 14.9 Å². The van der Waals surface area contributed by atoms with Crippen LogP contribution in [0.1, 0.15) is 34.9 Å². The van der Waals surface area contributed by atoms with E-state index in [1.54, 1.807) is 13.3 Å².